The van der Waals surface area contributed by atoms with Crippen LogP contribution in [0.5, 0.6) is 5.75 Å². The van der Waals surface area contributed by atoms with Gasteiger partial charge in [0.25, 0.3) is 0 Å². The minimum absolute atomic E-state index is 0.330. The number of carboxylic acids is 1. The number of carbonyl (C=O) groups is 1. The summed E-state index contributed by atoms with van der Waals surface area (Å²) in [7, 11) is 0. The molecule has 1 aromatic heterocycles. The molecule has 1 aliphatic carbocycles. The summed E-state index contributed by atoms with van der Waals surface area (Å²) in [5.74, 6) is 0.879. The summed E-state index contributed by atoms with van der Waals surface area (Å²) in [6.07, 6.45) is 7.01. The first kappa shape index (κ1) is 25.1. The van der Waals surface area contributed by atoms with E-state index >= 15 is 0 Å². The summed E-state index contributed by atoms with van der Waals surface area (Å²) in [5.41, 5.74) is 4.52. The van der Waals surface area contributed by atoms with Crippen LogP contribution >= 0.6 is 0 Å². The Bertz CT molecular complexity index is 1370. The molecule has 2 saturated heterocycles. The fourth-order valence-electron chi connectivity index (χ4n) is 7.52. The van der Waals surface area contributed by atoms with Crippen LogP contribution in [-0.4, -0.2) is 72.2 Å². The maximum Gasteiger partial charge on any atom is 0.335 e. The Kier molecular flexibility index (Phi) is 6.61. The maximum atomic E-state index is 12.1. The molecule has 0 radical (unpaired) electrons. The zero-order valence-electron chi connectivity index (χ0n) is 22.6. The van der Waals surface area contributed by atoms with Gasteiger partial charge in [0.1, 0.15) is 18.0 Å². The molecule has 206 valence electrons. The predicted octanol–water partition coefficient (Wildman–Crippen LogP) is 5.55. The lowest BCUT2D eigenvalue weighted by molar-refractivity contribution is -0.0431. The van der Waals surface area contributed by atoms with Gasteiger partial charge in [-0.25, -0.2) is 4.79 Å². The van der Waals surface area contributed by atoms with E-state index in [1.165, 1.54) is 48.7 Å². The molecule has 7 rings (SSSR count). The number of benzene rings is 2. The Morgan fingerprint density at radius 1 is 1.05 bits per heavy atom. The van der Waals surface area contributed by atoms with Crippen molar-refractivity contribution in [3.05, 3.63) is 53.6 Å². The van der Waals surface area contributed by atoms with Crippen molar-refractivity contribution < 1.29 is 24.1 Å². The number of nitrogens with zero attached hydrogens (tertiary/aromatic N) is 2. The molecule has 2 atom stereocenters. The van der Waals surface area contributed by atoms with Crippen molar-refractivity contribution in [2.24, 2.45) is 5.92 Å². The van der Waals surface area contributed by atoms with Gasteiger partial charge in [-0.15, -0.1) is 0 Å². The van der Waals surface area contributed by atoms with Gasteiger partial charge in [-0.05, 0) is 60.9 Å². The highest BCUT2D eigenvalue weighted by Crippen LogP contribution is 2.48. The van der Waals surface area contributed by atoms with E-state index in [2.05, 4.69) is 27.7 Å². The largest absolute Gasteiger partial charge is 0.490 e. The molecule has 39 heavy (non-hydrogen) atoms. The van der Waals surface area contributed by atoms with Gasteiger partial charge in [-0.3, -0.25) is 4.90 Å². The second kappa shape index (κ2) is 10.3. The molecule has 3 aromatic rings. The van der Waals surface area contributed by atoms with Gasteiger partial charge in [0.2, 0.25) is 0 Å². The average Bonchev–Trinajstić information content (AvgIpc) is 3.50. The molecule has 1 N–H and O–H groups in total. The third-order valence-corrected chi connectivity index (χ3v) is 9.35. The molecule has 1 spiro atoms. The molecule has 7 heteroatoms. The van der Waals surface area contributed by atoms with Crippen molar-refractivity contribution in [3.8, 4) is 17.0 Å². The normalized spacial score (nSPS) is 26.1. The number of aromatic nitrogens is 1. The lowest BCUT2D eigenvalue weighted by Gasteiger charge is -2.34. The molecule has 0 bridgehead atoms. The molecule has 3 aliphatic heterocycles. The standard InChI is InChI=1S/C32H38N2O5/c35-31(36)24-10-11-25-27(16-24)34-20-32(17-22(19-39-32)18-33-12-14-37-15-13-33)21-38-28-9-5-4-8-26(28)30(34)29(25)23-6-2-1-3-7-23/h4-5,8-11,16,22-23H,1-3,6-7,12-15,17-21H2,(H,35,36). The third-order valence-electron chi connectivity index (χ3n) is 9.35. The number of ether oxygens (including phenoxy) is 3. The Morgan fingerprint density at radius 3 is 2.69 bits per heavy atom. The number of para-hydroxylation sites is 1. The smallest absolute Gasteiger partial charge is 0.335 e. The van der Waals surface area contributed by atoms with Gasteiger partial charge in [-0.1, -0.05) is 37.5 Å². The van der Waals surface area contributed by atoms with Gasteiger partial charge in [0, 0.05) is 36.1 Å². The number of hydrogen-bond donors (Lipinski definition) is 1. The van der Waals surface area contributed by atoms with Crippen molar-refractivity contribution in [1.82, 2.24) is 9.47 Å². The van der Waals surface area contributed by atoms with E-state index in [0.29, 0.717) is 37.2 Å². The molecule has 4 heterocycles. The maximum absolute atomic E-state index is 12.1. The summed E-state index contributed by atoms with van der Waals surface area (Å²) in [6, 6.07) is 14.1. The monoisotopic (exact) mass is 530 g/mol. The van der Waals surface area contributed by atoms with Crippen molar-refractivity contribution in [1.29, 1.82) is 0 Å². The minimum Gasteiger partial charge on any atom is -0.490 e. The summed E-state index contributed by atoms with van der Waals surface area (Å²) in [4.78, 5) is 14.5. The zero-order valence-corrected chi connectivity index (χ0v) is 22.6. The third kappa shape index (κ3) is 4.64. The molecule has 4 aliphatic rings. The lowest BCUT2D eigenvalue weighted by Crippen LogP contribution is -2.42. The van der Waals surface area contributed by atoms with Crippen LogP contribution in [0.3, 0.4) is 0 Å². The van der Waals surface area contributed by atoms with Gasteiger partial charge in [-0.2, -0.15) is 0 Å². The second-order valence-electron chi connectivity index (χ2n) is 12.0. The van der Waals surface area contributed by atoms with Crippen LogP contribution in [0, 0.1) is 5.92 Å². The van der Waals surface area contributed by atoms with Crippen LogP contribution in [0.2, 0.25) is 0 Å². The molecular formula is C32H38N2O5. The summed E-state index contributed by atoms with van der Waals surface area (Å²) in [6.45, 7) is 6.41. The zero-order chi connectivity index (χ0) is 26.4. The van der Waals surface area contributed by atoms with E-state index in [-0.39, 0.29) is 0 Å². The van der Waals surface area contributed by atoms with E-state index in [9.17, 15) is 9.90 Å². The fourth-order valence-corrected chi connectivity index (χ4v) is 7.52. The van der Waals surface area contributed by atoms with E-state index < -0.39 is 11.6 Å². The second-order valence-corrected chi connectivity index (χ2v) is 12.0. The van der Waals surface area contributed by atoms with Gasteiger partial charge in [0.05, 0.1) is 37.6 Å². The highest BCUT2D eigenvalue weighted by atomic mass is 16.5. The molecular weight excluding hydrogens is 492 g/mol. The number of aromatic carboxylic acids is 1. The van der Waals surface area contributed by atoms with Crippen LogP contribution in [0.4, 0.5) is 0 Å². The van der Waals surface area contributed by atoms with Gasteiger partial charge in [0.15, 0.2) is 0 Å². The average molecular weight is 531 g/mol. The Balaban J connectivity index is 1.36. The molecule has 2 unspecified atom stereocenters. The van der Waals surface area contributed by atoms with Crippen LogP contribution < -0.4 is 4.74 Å². The number of morpholine rings is 1. The minimum atomic E-state index is -0.890. The molecule has 0 amide bonds. The summed E-state index contributed by atoms with van der Waals surface area (Å²) < 4.78 is 21.3. The van der Waals surface area contributed by atoms with Crippen molar-refractivity contribution in [2.45, 2.75) is 56.6 Å². The first-order valence-corrected chi connectivity index (χ1v) is 14.7. The summed E-state index contributed by atoms with van der Waals surface area (Å²) in [5, 5.41) is 11.1. The van der Waals surface area contributed by atoms with E-state index in [0.717, 1.165) is 56.1 Å². The molecule has 3 fully saturated rings. The first-order valence-electron chi connectivity index (χ1n) is 14.7. The number of rotatable bonds is 4. The van der Waals surface area contributed by atoms with Crippen molar-refractivity contribution >= 4 is 16.9 Å². The lowest BCUT2D eigenvalue weighted by atomic mass is 9.81. The van der Waals surface area contributed by atoms with E-state index in [4.69, 9.17) is 14.2 Å². The van der Waals surface area contributed by atoms with E-state index in [1.807, 2.05) is 18.2 Å². The van der Waals surface area contributed by atoms with Crippen LogP contribution in [-0.2, 0) is 16.0 Å². The number of hydrogen-bond acceptors (Lipinski definition) is 5. The van der Waals surface area contributed by atoms with Crippen LogP contribution in [0.1, 0.15) is 60.4 Å². The van der Waals surface area contributed by atoms with Crippen LogP contribution in [0.25, 0.3) is 22.2 Å². The van der Waals surface area contributed by atoms with Gasteiger partial charge < -0.3 is 23.9 Å². The quantitative estimate of drug-likeness (QED) is 0.477. The Morgan fingerprint density at radius 2 is 1.87 bits per heavy atom. The summed E-state index contributed by atoms with van der Waals surface area (Å²) >= 11 is 0. The van der Waals surface area contributed by atoms with Crippen molar-refractivity contribution in [2.75, 3.05) is 46.1 Å². The van der Waals surface area contributed by atoms with Crippen molar-refractivity contribution in [3.63, 3.8) is 0 Å². The first-order chi connectivity index (χ1) is 19.1. The number of carboxylic acid groups (broad SMARTS) is 1. The Labute approximate surface area is 229 Å². The fraction of sp³-hybridized carbons (Fsp3) is 0.531. The Hall–Kier alpha value is -2.87. The number of fused-ring (bicyclic) bond motifs is 5. The highest BCUT2D eigenvalue weighted by molar-refractivity contribution is 5.98. The molecule has 2 aromatic carbocycles. The van der Waals surface area contributed by atoms with Crippen LogP contribution in [0.15, 0.2) is 42.5 Å². The topological polar surface area (TPSA) is 73.2 Å². The predicted molar refractivity (Wildman–Crippen MR) is 150 cm³/mol. The van der Waals surface area contributed by atoms with E-state index in [1.54, 1.807) is 6.07 Å². The SMILES string of the molecule is O=C(O)c1ccc2c(C3CCCCC3)c3n(c2c1)CC1(COc2ccccc2-3)CC(CN2CCOCC2)CO1. The molecule has 1 saturated carbocycles. The highest BCUT2D eigenvalue weighted by Gasteiger charge is 2.44. The van der Waals surface area contributed by atoms with Gasteiger partial charge >= 0.3 is 5.97 Å². The molecule has 7 nitrogen and oxygen atoms in total.